The van der Waals surface area contributed by atoms with Crippen molar-refractivity contribution in [3.05, 3.63) is 6.92 Å². The Balaban J connectivity index is -0.000000340. The van der Waals surface area contributed by atoms with Crippen LogP contribution in [0.25, 0.3) is 0 Å². The smallest absolute Gasteiger partial charge is 0.396 e. The SMILES string of the molecule is [CH2-]CCCCCCCCCCC.[Na+].[O-][I+2]([O-])O. The molecule has 0 aromatic heterocycles. The van der Waals surface area contributed by atoms with E-state index in [1.807, 2.05) is 0 Å². The van der Waals surface area contributed by atoms with Crippen molar-refractivity contribution < 1.29 is 60.9 Å². The summed E-state index contributed by atoms with van der Waals surface area (Å²) in [5.41, 5.74) is 0. The van der Waals surface area contributed by atoms with Crippen LogP contribution in [-0.4, -0.2) is 3.44 Å². The fourth-order valence-corrected chi connectivity index (χ4v) is 1.49. The number of rotatable bonds is 9. The largest absolute Gasteiger partial charge is 1.00 e. The Kier molecular flexibility index (Phi) is 31.7. The van der Waals surface area contributed by atoms with Crippen LogP contribution in [0.4, 0.5) is 0 Å². The van der Waals surface area contributed by atoms with Crippen LogP contribution in [0.5, 0.6) is 0 Å². The minimum atomic E-state index is -3.76. The van der Waals surface area contributed by atoms with Crippen LogP contribution in [0.2, 0.25) is 0 Å². The van der Waals surface area contributed by atoms with Gasteiger partial charge in [0.2, 0.25) is 0 Å². The van der Waals surface area contributed by atoms with Crippen molar-refractivity contribution in [3.8, 4) is 0 Å². The monoisotopic (exact) mass is 368 g/mol. The third kappa shape index (κ3) is 38.1. The average Bonchev–Trinajstić information content (AvgIpc) is 2.21. The first-order chi connectivity index (χ1) is 7.65. The molecule has 0 radical (unpaired) electrons. The molecule has 0 aromatic carbocycles. The van der Waals surface area contributed by atoms with E-state index in [2.05, 4.69) is 13.8 Å². The van der Waals surface area contributed by atoms with Gasteiger partial charge in [-0.1, -0.05) is 64.7 Å². The van der Waals surface area contributed by atoms with Crippen LogP contribution in [0.1, 0.15) is 71.1 Å². The summed E-state index contributed by atoms with van der Waals surface area (Å²) < 4.78 is 24.5. The first-order valence-electron chi connectivity index (χ1n) is 6.18. The Labute approximate surface area is 138 Å². The molecule has 100 valence electrons. The summed E-state index contributed by atoms with van der Waals surface area (Å²) in [5.74, 6) is 0. The van der Waals surface area contributed by atoms with E-state index in [-0.39, 0.29) is 29.6 Å². The molecule has 0 saturated heterocycles. The molecule has 0 fully saturated rings. The molecule has 0 aliphatic heterocycles. The molecule has 0 spiro atoms. The van der Waals surface area contributed by atoms with Gasteiger partial charge in [0, 0.05) is 0 Å². The predicted octanol–water partition coefficient (Wildman–Crippen LogP) is -4.19. The number of hydrogen-bond acceptors (Lipinski definition) is 3. The van der Waals surface area contributed by atoms with E-state index in [1.54, 1.807) is 0 Å². The van der Waals surface area contributed by atoms with E-state index in [0.717, 1.165) is 6.42 Å². The van der Waals surface area contributed by atoms with Crippen molar-refractivity contribution in [2.24, 2.45) is 0 Å². The maximum absolute atomic E-state index is 8.68. The molecule has 0 aliphatic rings. The minimum Gasteiger partial charge on any atom is -0.396 e. The first-order valence-corrected chi connectivity index (χ1v) is 8.91. The zero-order valence-corrected chi connectivity index (χ0v) is 15.6. The topological polar surface area (TPSA) is 66.3 Å². The van der Waals surface area contributed by atoms with E-state index in [9.17, 15) is 0 Å². The Morgan fingerprint density at radius 2 is 1.18 bits per heavy atom. The van der Waals surface area contributed by atoms with E-state index < -0.39 is 21.1 Å². The minimum absolute atomic E-state index is 0. The average molecular weight is 368 g/mol. The molecule has 0 amide bonds. The molecule has 3 nitrogen and oxygen atoms in total. The van der Waals surface area contributed by atoms with Gasteiger partial charge in [-0.2, -0.15) is 6.42 Å². The zero-order chi connectivity index (χ0) is 12.6. The molecule has 0 saturated carbocycles. The fourth-order valence-electron chi connectivity index (χ4n) is 1.49. The number of unbranched alkanes of at least 4 members (excludes halogenated alkanes) is 9. The van der Waals surface area contributed by atoms with Gasteiger partial charge in [-0.25, -0.2) is 0 Å². The third-order valence-corrected chi connectivity index (χ3v) is 2.35. The van der Waals surface area contributed by atoms with Crippen LogP contribution in [0.3, 0.4) is 0 Å². The molecular weight excluding hydrogens is 342 g/mol. The summed E-state index contributed by atoms with van der Waals surface area (Å²) in [7, 11) is 0. The second kappa shape index (κ2) is 22.8. The molecule has 0 atom stereocenters. The molecular formula is C12H26INaO3. The molecule has 0 heterocycles. The van der Waals surface area contributed by atoms with Crippen molar-refractivity contribution in [2.75, 3.05) is 0 Å². The maximum Gasteiger partial charge on any atom is 1.00 e. The Morgan fingerprint density at radius 3 is 1.47 bits per heavy atom. The molecule has 0 bridgehead atoms. The van der Waals surface area contributed by atoms with Crippen molar-refractivity contribution in [2.45, 2.75) is 71.1 Å². The second-order valence-corrected chi connectivity index (χ2v) is 5.03. The van der Waals surface area contributed by atoms with Gasteiger partial charge in [-0.05, 0) is 3.44 Å². The van der Waals surface area contributed by atoms with Crippen LogP contribution in [-0.2, 0) is 0 Å². The van der Waals surface area contributed by atoms with Gasteiger partial charge in [0.05, 0.1) is 0 Å². The summed E-state index contributed by atoms with van der Waals surface area (Å²) in [6.07, 6.45) is 13.9. The summed E-state index contributed by atoms with van der Waals surface area (Å²) in [5, 5.41) is 0. The number of halogens is 1. The van der Waals surface area contributed by atoms with Crippen molar-refractivity contribution in [1.82, 2.24) is 0 Å². The van der Waals surface area contributed by atoms with Gasteiger partial charge in [-0.15, -0.1) is 0 Å². The molecule has 0 rings (SSSR count). The Hall–Kier alpha value is 1.61. The first kappa shape index (κ1) is 23.7. The molecule has 0 unspecified atom stereocenters. The molecule has 0 aliphatic carbocycles. The number of hydrogen-bond donors (Lipinski definition) is 1. The van der Waals surface area contributed by atoms with Crippen molar-refractivity contribution in [1.29, 1.82) is 0 Å². The van der Waals surface area contributed by atoms with Crippen LogP contribution in [0.15, 0.2) is 0 Å². The van der Waals surface area contributed by atoms with E-state index >= 15 is 0 Å². The quantitative estimate of drug-likeness (QED) is 0.194. The second-order valence-electron chi connectivity index (χ2n) is 3.88. The van der Waals surface area contributed by atoms with E-state index in [4.69, 9.17) is 10.3 Å². The standard InChI is InChI=1S/C12H25.HIO3.Na/c1-3-5-7-9-11-12-10-8-6-4-2;2-1(3)4;/h1,3-12H2,2H3;2H;/q-1;;+1. The normalized spacial score (nSPS) is 9.53. The summed E-state index contributed by atoms with van der Waals surface area (Å²) in [6.45, 7) is 6.12. The van der Waals surface area contributed by atoms with Gasteiger partial charge in [0.25, 0.3) is 0 Å². The molecule has 0 aromatic rings. The fraction of sp³-hybridized carbons (Fsp3) is 0.917. The van der Waals surface area contributed by atoms with Gasteiger partial charge < -0.3 is 13.8 Å². The third-order valence-electron chi connectivity index (χ3n) is 2.35. The maximum atomic E-state index is 8.68. The van der Waals surface area contributed by atoms with Gasteiger partial charge in [0.15, 0.2) is 0 Å². The van der Waals surface area contributed by atoms with Gasteiger partial charge >= 0.3 is 50.6 Å². The van der Waals surface area contributed by atoms with Gasteiger partial charge in [-0.3, -0.25) is 0 Å². The van der Waals surface area contributed by atoms with Crippen LogP contribution >= 0.6 is 0 Å². The Morgan fingerprint density at radius 1 is 0.882 bits per heavy atom. The molecule has 5 heteroatoms. The zero-order valence-electron chi connectivity index (χ0n) is 11.4. The van der Waals surface area contributed by atoms with Crippen LogP contribution in [0, 0.1) is 6.92 Å². The van der Waals surface area contributed by atoms with Crippen LogP contribution < -0.4 is 57.5 Å². The Bertz CT molecular complexity index is 103. The van der Waals surface area contributed by atoms with Crippen molar-refractivity contribution >= 4 is 0 Å². The predicted molar refractivity (Wildman–Crippen MR) is 59.4 cm³/mol. The van der Waals surface area contributed by atoms with E-state index in [1.165, 1.54) is 57.8 Å². The van der Waals surface area contributed by atoms with Gasteiger partial charge in [0.1, 0.15) is 0 Å². The van der Waals surface area contributed by atoms with Crippen molar-refractivity contribution in [3.63, 3.8) is 0 Å². The summed E-state index contributed by atoms with van der Waals surface area (Å²) >= 11 is -3.76. The van der Waals surface area contributed by atoms with E-state index in [0.29, 0.717) is 0 Å². The molecule has 17 heavy (non-hydrogen) atoms. The summed E-state index contributed by atoms with van der Waals surface area (Å²) in [6, 6.07) is 0. The molecule has 1 N–H and O–H groups in total. The summed E-state index contributed by atoms with van der Waals surface area (Å²) in [4.78, 5) is 0.